The van der Waals surface area contributed by atoms with Gasteiger partial charge in [-0.25, -0.2) is 0 Å². The molecule has 1 heteroatoms. The molecule has 0 spiro atoms. The van der Waals surface area contributed by atoms with E-state index in [9.17, 15) is 4.79 Å². The zero-order valence-electron chi connectivity index (χ0n) is 8.57. The minimum absolute atomic E-state index is 0.275. The molecular weight excluding hydrogens is 172 g/mol. The van der Waals surface area contributed by atoms with Gasteiger partial charge in [0, 0.05) is 12.3 Å². The summed E-state index contributed by atoms with van der Waals surface area (Å²) in [5.41, 5.74) is 1.29. The molecule has 74 valence electrons. The van der Waals surface area contributed by atoms with Gasteiger partial charge in [-0.1, -0.05) is 37.3 Å². The van der Waals surface area contributed by atoms with Crippen molar-refractivity contribution in [2.75, 3.05) is 0 Å². The Balaban J connectivity index is 2.07. The highest BCUT2D eigenvalue weighted by molar-refractivity contribution is 5.83. The number of rotatable bonds is 2. The number of hydrogen-bond donors (Lipinski definition) is 0. The van der Waals surface area contributed by atoms with Gasteiger partial charge in [0.2, 0.25) is 0 Å². The summed E-state index contributed by atoms with van der Waals surface area (Å²) in [4.78, 5) is 11.6. The van der Waals surface area contributed by atoms with E-state index in [0.717, 1.165) is 19.3 Å². The number of hydrogen-bond acceptors (Lipinski definition) is 1. The highest BCUT2D eigenvalue weighted by atomic mass is 16.1. The molecule has 1 aliphatic carbocycles. The Kier molecular flexibility index (Phi) is 2.67. The molecule has 0 bridgehead atoms. The first kappa shape index (κ1) is 9.45. The van der Waals surface area contributed by atoms with Crippen LogP contribution in [0.1, 0.15) is 25.3 Å². The molecule has 0 heterocycles. The molecule has 0 N–H and O–H groups in total. The molecule has 1 fully saturated rings. The Morgan fingerprint density at radius 1 is 1.29 bits per heavy atom. The van der Waals surface area contributed by atoms with Crippen molar-refractivity contribution < 1.29 is 4.79 Å². The van der Waals surface area contributed by atoms with Gasteiger partial charge in [-0.3, -0.25) is 4.79 Å². The normalized spacial score (nSPS) is 26.8. The van der Waals surface area contributed by atoms with Gasteiger partial charge in [-0.05, 0) is 24.3 Å². The Bertz CT molecular complexity index is 315. The van der Waals surface area contributed by atoms with Crippen molar-refractivity contribution in [3.8, 4) is 0 Å². The van der Waals surface area contributed by atoms with Crippen LogP contribution in [0.15, 0.2) is 30.3 Å². The van der Waals surface area contributed by atoms with Crippen LogP contribution in [-0.4, -0.2) is 5.78 Å². The molecule has 2 atom stereocenters. The lowest BCUT2D eigenvalue weighted by Crippen LogP contribution is -2.15. The molecule has 0 radical (unpaired) electrons. The van der Waals surface area contributed by atoms with Crippen molar-refractivity contribution in [2.24, 2.45) is 11.8 Å². The van der Waals surface area contributed by atoms with Crippen molar-refractivity contribution in [3.05, 3.63) is 35.9 Å². The summed E-state index contributed by atoms with van der Waals surface area (Å²) in [6.07, 6.45) is 2.80. The lowest BCUT2D eigenvalue weighted by molar-refractivity contribution is -0.121. The van der Waals surface area contributed by atoms with E-state index in [4.69, 9.17) is 0 Å². The van der Waals surface area contributed by atoms with E-state index in [1.807, 2.05) is 18.2 Å². The molecule has 1 aliphatic rings. The first-order chi connectivity index (χ1) is 6.77. The molecule has 14 heavy (non-hydrogen) atoms. The van der Waals surface area contributed by atoms with Crippen LogP contribution in [0.4, 0.5) is 0 Å². The molecule has 1 nitrogen and oxygen atoms in total. The van der Waals surface area contributed by atoms with Crippen LogP contribution in [0, 0.1) is 11.8 Å². The minimum Gasteiger partial charge on any atom is -0.299 e. The van der Waals surface area contributed by atoms with Crippen molar-refractivity contribution in [1.82, 2.24) is 0 Å². The van der Waals surface area contributed by atoms with Crippen molar-refractivity contribution >= 4 is 5.78 Å². The lowest BCUT2D eigenvalue weighted by atomic mass is 9.90. The second kappa shape index (κ2) is 3.95. The van der Waals surface area contributed by atoms with Crippen LogP contribution in [0.2, 0.25) is 0 Å². The largest absolute Gasteiger partial charge is 0.299 e. The zero-order valence-corrected chi connectivity index (χ0v) is 8.57. The molecule has 1 saturated carbocycles. The topological polar surface area (TPSA) is 17.1 Å². The Morgan fingerprint density at radius 3 is 2.57 bits per heavy atom. The van der Waals surface area contributed by atoms with E-state index < -0.39 is 0 Å². The number of Topliss-reactive ketones (excluding diaryl/α,β-unsaturated/α-hetero) is 1. The lowest BCUT2D eigenvalue weighted by Gasteiger charge is -2.13. The summed E-state index contributed by atoms with van der Waals surface area (Å²) in [5, 5.41) is 0. The Morgan fingerprint density at radius 2 is 2.00 bits per heavy atom. The second-order valence-electron chi connectivity index (χ2n) is 4.28. The summed E-state index contributed by atoms with van der Waals surface area (Å²) in [5.74, 6) is 1.31. The summed E-state index contributed by atoms with van der Waals surface area (Å²) in [7, 11) is 0. The van der Waals surface area contributed by atoms with Gasteiger partial charge in [-0.15, -0.1) is 0 Å². The molecule has 0 unspecified atom stereocenters. The SMILES string of the molecule is C[C@H]1CCC(=O)[C@@H]1Cc1ccccc1. The molecule has 0 aliphatic heterocycles. The van der Waals surface area contributed by atoms with Crippen molar-refractivity contribution in [3.63, 3.8) is 0 Å². The fourth-order valence-corrected chi connectivity index (χ4v) is 2.26. The highest BCUT2D eigenvalue weighted by Gasteiger charge is 2.31. The van der Waals surface area contributed by atoms with Gasteiger partial charge in [0.15, 0.2) is 0 Å². The molecule has 1 aromatic rings. The van der Waals surface area contributed by atoms with E-state index in [2.05, 4.69) is 19.1 Å². The predicted molar refractivity (Wildman–Crippen MR) is 57.0 cm³/mol. The number of carbonyl (C=O) groups is 1. The summed E-state index contributed by atoms with van der Waals surface area (Å²) in [6, 6.07) is 10.3. The first-order valence-electron chi connectivity index (χ1n) is 5.34. The quantitative estimate of drug-likeness (QED) is 0.697. The summed E-state index contributed by atoms with van der Waals surface area (Å²) < 4.78 is 0. The fraction of sp³-hybridized carbons (Fsp3) is 0.462. The van der Waals surface area contributed by atoms with Gasteiger partial charge in [-0.2, -0.15) is 0 Å². The van der Waals surface area contributed by atoms with Gasteiger partial charge in [0.1, 0.15) is 5.78 Å². The van der Waals surface area contributed by atoms with Crippen LogP contribution in [0.25, 0.3) is 0 Å². The molecule has 1 aromatic carbocycles. The average molecular weight is 188 g/mol. The minimum atomic E-state index is 0.275. The maximum atomic E-state index is 11.6. The van der Waals surface area contributed by atoms with Crippen LogP contribution in [0.3, 0.4) is 0 Å². The van der Waals surface area contributed by atoms with Gasteiger partial charge in [0.05, 0.1) is 0 Å². The van der Waals surface area contributed by atoms with Crippen molar-refractivity contribution in [1.29, 1.82) is 0 Å². The van der Waals surface area contributed by atoms with Crippen LogP contribution in [0.5, 0.6) is 0 Å². The first-order valence-corrected chi connectivity index (χ1v) is 5.34. The Hall–Kier alpha value is -1.11. The summed E-state index contributed by atoms with van der Waals surface area (Å²) in [6.45, 7) is 2.19. The van der Waals surface area contributed by atoms with E-state index >= 15 is 0 Å². The van der Waals surface area contributed by atoms with Crippen LogP contribution >= 0.6 is 0 Å². The van der Waals surface area contributed by atoms with Gasteiger partial charge < -0.3 is 0 Å². The maximum absolute atomic E-state index is 11.6. The van der Waals surface area contributed by atoms with E-state index in [0.29, 0.717) is 11.7 Å². The van der Waals surface area contributed by atoms with Crippen molar-refractivity contribution in [2.45, 2.75) is 26.2 Å². The summed E-state index contributed by atoms with van der Waals surface area (Å²) >= 11 is 0. The third-order valence-corrected chi connectivity index (χ3v) is 3.24. The molecular formula is C13H16O. The van der Waals surface area contributed by atoms with E-state index in [1.165, 1.54) is 5.56 Å². The second-order valence-corrected chi connectivity index (χ2v) is 4.28. The third kappa shape index (κ3) is 1.87. The third-order valence-electron chi connectivity index (χ3n) is 3.24. The van der Waals surface area contributed by atoms with Crippen LogP contribution < -0.4 is 0 Å². The molecule has 0 amide bonds. The van der Waals surface area contributed by atoms with E-state index in [-0.39, 0.29) is 5.92 Å². The van der Waals surface area contributed by atoms with Crippen LogP contribution in [-0.2, 0) is 11.2 Å². The average Bonchev–Trinajstić information content (AvgIpc) is 2.51. The maximum Gasteiger partial charge on any atom is 0.136 e. The van der Waals surface area contributed by atoms with Gasteiger partial charge in [0.25, 0.3) is 0 Å². The zero-order chi connectivity index (χ0) is 9.97. The van der Waals surface area contributed by atoms with Gasteiger partial charge >= 0.3 is 0 Å². The monoisotopic (exact) mass is 188 g/mol. The Labute approximate surface area is 85.1 Å². The number of ketones is 1. The fourth-order valence-electron chi connectivity index (χ4n) is 2.26. The smallest absolute Gasteiger partial charge is 0.136 e. The number of benzene rings is 1. The predicted octanol–water partition coefficient (Wildman–Crippen LogP) is 2.84. The van der Waals surface area contributed by atoms with E-state index in [1.54, 1.807) is 0 Å². The highest BCUT2D eigenvalue weighted by Crippen LogP contribution is 2.30. The molecule has 0 aromatic heterocycles. The molecule has 2 rings (SSSR count). The number of carbonyl (C=O) groups excluding carboxylic acids is 1. The standard InChI is InChI=1S/C13H16O/c1-10-7-8-13(14)12(10)9-11-5-3-2-4-6-11/h2-6,10,12H,7-9H2,1H3/t10-,12+/m0/s1. The molecule has 0 saturated heterocycles.